The molecule has 2 aromatic rings. The van der Waals surface area contributed by atoms with E-state index in [-0.39, 0.29) is 5.56 Å². The molecule has 0 saturated carbocycles. The van der Waals surface area contributed by atoms with Crippen LogP contribution in [0.1, 0.15) is 5.56 Å². The molecule has 0 amide bonds. The lowest BCUT2D eigenvalue weighted by Crippen LogP contribution is -1.91. The lowest BCUT2D eigenvalue weighted by Gasteiger charge is -2.01. The lowest BCUT2D eigenvalue weighted by molar-refractivity contribution is 0.569. The minimum Gasteiger partial charge on any atom is -0.375 e. The summed E-state index contributed by atoms with van der Waals surface area (Å²) in [5.74, 6) is -1.15. The van der Waals surface area contributed by atoms with E-state index < -0.39 is 11.6 Å². The summed E-state index contributed by atoms with van der Waals surface area (Å²) in [4.78, 5) is 3.96. The van der Waals surface area contributed by atoms with Gasteiger partial charge in [-0.2, -0.15) is 0 Å². The number of thiazole rings is 1. The Hall–Kier alpha value is -1.49. The first-order valence-corrected chi connectivity index (χ1v) is 5.13. The molecule has 0 aliphatic carbocycles. The SMILES string of the molecule is Cc1c(F)cc(-c2csc(N)n2)cc1F. The van der Waals surface area contributed by atoms with Crippen LogP contribution in [0, 0.1) is 18.6 Å². The number of halogens is 2. The predicted octanol–water partition coefficient (Wildman–Crippen LogP) is 2.98. The Labute approximate surface area is 89.4 Å². The van der Waals surface area contributed by atoms with E-state index in [2.05, 4.69) is 4.98 Å². The van der Waals surface area contributed by atoms with Crippen molar-refractivity contribution in [2.24, 2.45) is 0 Å². The number of benzene rings is 1. The summed E-state index contributed by atoms with van der Waals surface area (Å²) in [5, 5.41) is 2.05. The lowest BCUT2D eigenvalue weighted by atomic mass is 10.1. The molecule has 0 aliphatic rings. The van der Waals surface area contributed by atoms with E-state index in [0.717, 1.165) is 0 Å². The van der Waals surface area contributed by atoms with Crippen LogP contribution in [-0.2, 0) is 0 Å². The van der Waals surface area contributed by atoms with Crippen LogP contribution in [-0.4, -0.2) is 4.98 Å². The fourth-order valence-corrected chi connectivity index (χ4v) is 1.79. The maximum atomic E-state index is 13.2. The van der Waals surface area contributed by atoms with Gasteiger partial charge in [0.2, 0.25) is 0 Å². The number of nitrogens with zero attached hydrogens (tertiary/aromatic N) is 1. The Morgan fingerprint density at radius 1 is 1.27 bits per heavy atom. The van der Waals surface area contributed by atoms with Gasteiger partial charge in [0.1, 0.15) is 11.6 Å². The number of aromatic nitrogens is 1. The molecule has 0 atom stereocenters. The summed E-state index contributed by atoms with van der Waals surface area (Å²) >= 11 is 1.24. The molecule has 0 aliphatic heterocycles. The second kappa shape index (κ2) is 3.58. The molecule has 0 bridgehead atoms. The third-order valence-electron chi connectivity index (χ3n) is 2.10. The third kappa shape index (κ3) is 1.83. The van der Waals surface area contributed by atoms with Crippen molar-refractivity contribution in [3.8, 4) is 11.3 Å². The standard InChI is InChI=1S/C10H8F2N2S/c1-5-7(11)2-6(3-8(5)12)9-4-15-10(13)14-9/h2-4H,1H3,(H2,13,14). The van der Waals surface area contributed by atoms with Crippen LogP contribution in [0.25, 0.3) is 11.3 Å². The summed E-state index contributed by atoms with van der Waals surface area (Å²) in [7, 11) is 0. The zero-order valence-electron chi connectivity index (χ0n) is 7.92. The smallest absolute Gasteiger partial charge is 0.180 e. The Morgan fingerprint density at radius 2 is 1.87 bits per heavy atom. The van der Waals surface area contributed by atoms with Gasteiger partial charge in [0, 0.05) is 16.5 Å². The molecule has 78 valence electrons. The second-order valence-corrected chi connectivity index (χ2v) is 4.03. The highest BCUT2D eigenvalue weighted by molar-refractivity contribution is 7.13. The van der Waals surface area contributed by atoms with E-state index >= 15 is 0 Å². The summed E-state index contributed by atoms with van der Waals surface area (Å²) in [6.07, 6.45) is 0. The number of hydrogen-bond acceptors (Lipinski definition) is 3. The second-order valence-electron chi connectivity index (χ2n) is 3.14. The topological polar surface area (TPSA) is 38.9 Å². The van der Waals surface area contributed by atoms with Crippen molar-refractivity contribution in [2.45, 2.75) is 6.92 Å². The Bertz CT molecular complexity index is 485. The molecule has 15 heavy (non-hydrogen) atoms. The van der Waals surface area contributed by atoms with E-state index in [0.29, 0.717) is 16.4 Å². The maximum Gasteiger partial charge on any atom is 0.180 e. The monoisotopic (exact) mass is 226 g/mol. The molecule has 1 aromatic carbocycles. The van der Waals surface area contributed by atoms with Crippen molar-refractivity contribution >= 4 is 16.5 Å². The van der Waals surface area contributed by atoms with Gasteiger partial charge >= 0.3 is 0 Å². The molecular weight excluding hydrogens is 218 g/mol. The van der Waals surface area contributed by atoms with E-state index in [1.165, 1.54) is 30.4 Å². The van der Waals surface area contributed by atoms with Gasteiger partial charge in [0.25, 0.3) is 0 Å². The highest BCUT2D eigenvalue weighted by atomic mass is 32.1. The number of rotatable bonds is 1. The summed E-state index contributed by atoms with van der Waals surface area (Å²) in [5.41, 5.74) is 6.36. The molecule has 2 rings (SSSR count). The molecule has 5 heteroatoms. The van der Waals surface area contributed by atoms with Crippen LogP contribution in [0.3, 0.4) is 0 Å². The van der Waals surface area contributed by atoms with Gasteiger partial charge in [-0.05, 0) is 19.1 Å². The largest absolute Gasteiger partial charge is 0.375 e. The van der Waals surface area contributed by atoms with Crippen molar-refractivity contribution < 1.29 is 8.78 Å². The summed E-state index contributed by atoms with van der Waals surface area (Å²) in [6, 6.07) is 2.51. The van der Waals surface area contributed by atoms with Gasteiger partial charge in [-0.1, -0.05) is 0 Å². The minimum atomic E-state index is -0.573. The number of hydrogen-bond donors (Lipinski definition) is 1. The van der Waals surface area contributed by atoms with Crippen LogP contribution in [0.5, 0.6) is 0 Å². The fourth-order valence-electron chi connectivity index (χ4n) is 1.21. The predicted molar refractivity (Wildman–Crippen MR) is 56.6 cm³/mol. The highest BCUT2D eigenvalue weighted by Gasteiger charge is 2.10. The molecule has 0 radical (unpaired) electrons. The third-order valence-corrected chi connectivity index (χ3v) is 2.77. The van der Waals surface area contributed by atoms with E-state index in [1.54, 1.807) is 5.38 Å². The Balaban J connectivity index is 2.55. The van der Waals surface area contributed by atoms with Crippen molar-refractivity contribution in [2.75, 3.05) is 5.73 Å². The summed E-state index contributed by atoms with van der Waals surface area (Å²) < 4.78 is 26.5. The van der Waals surface area contributed by atoms with Crippen molar-refractivity contribution in [1.82, 2.24) is 4.98 Å². The molecule has 2 N–H and O–H groups in total. The molecule has 0 saturated heterocycles. The minimum absolute atomic E-state index is 0.0157. The molecular formula is C10H8F2N2S. The van der Waals surface area contributed by atoms with E-state index in [9.17, 15) is 8.78 Å². The molecule has 0 spiro atoms. The zero-order chi connectivity index (χ0) is 11.0. The number of nitrogen functional groups attached to an aromatic ring is 1. The van der Waals surface area contributed by atoms with Crippen LogP contribution in [0.4, 0.5) is 13.9 Å². The average molecular weight is 226 g/mol. The van der Waals surface area contributed by atoms with Crippen LogP contribution < -0.4 is 5.73 Å². The molecule has 1 aromatic heterocycles. The van der Waals surface area contributed by atoms with Crippen molar-refractivity contribution in [1.29, 1.82) is 0 Å². The Morgan fingerprint density at radius 3 is 2.33 bits per heavy atom. The van der Waals surface area contributed by atoms with Gasteiger partial charge in [-0.25, -0.2) is 13.8 Å². The van der Waals surface area contributed by atoms with Crippen LogP contribution >= 0.6 is 11.3 Å². The first kappa shape index (κ1) is 10.0. The summed E-state index contributed by atoms with van der Waals surface area (Å²) in [6.45, 7) is 1.39. The van der Waals surface area contributed by atoms with Gasteiger partial charge in [0.05, 0.1) is 5.69 Å². The first-order chi connectivity index (χ1) is 7.08. The number of anilines is 1. The highest BCUT2D eigenvalue weighted by Crippen LogP contribution is 2.26. The van der Waals surface area contributed by atoms with E-state index in [1.807, 2.05) is 0 Å². The molecule has 1 heterocycles. The average Bonchev–Trinajstić information content (AvgIpc) is 2.60. The fraction of sp³-hybridized carbons (Fsp3) is 0.100. The quantitative estimate of drug-likeness (QED) is 0.811. The van der Waals surface area contributed by atoms with Crippen molar-refractivity contribution in [3.05, 3.63) is 34.7 Å². The Kier molecular flexibility index (Phi) is 2.40. The normalized spacial score (nSPS) is 10.6. The van der Waals surface area contributed by atoms with Gasteiger partial charge in [-0.3, -0.25) is 0 Å². The zero-order valence-corrected chi connectivity index (χ0v) is 8.74. The molecule has 0 fully saturated rings. The van der Waals surface area contributed by atoms with Gasteiger partial charge in [-0.15, -0.1) is 11.3 Å². The molecule has 2 nitrogen and oxygen atoms in total. The molecule has 0 unspecified atom stereocenters. The van der Waals surface area contributed by atoms with Gasteiger partial charge in [0.15, 0.2) is 5.13 Å². The first-order valence-electron chi connectivity index (χ1n) is 4.25. The van der Waals surface area contributed by atoms with Crippen LogP contribution in [0.2, 0.25) is 0 Å². The van der Waals surface area contributed by atoms with Crippen LogP contribution in [0.15, 0.2) is 17.5 Å². The number of nitrogens with two attached hydrogens (primary N) is 1. The van der Waals surface area contributed by atoms with Crippen molar-refractivity contribution in [3.63, 3.8) is 0 Å². The van der Waals surface area contributed by atoms with E-state index in [4.69, 9.17) is 5.73 Å². The van der Waals surface area contributed by atoms with Gasteiger partial charge < -0.3 is 5.73 Å². The maximum absolute atomic E-state index is 13.2.